The third-order valence-corrected chi connectivity index (χ3v) is 6.52. The second-order valence-corrected chi connectivity index (χ2v) is 9.48. The van der Waals surface area contributed by atoms with E-state index in [2.05, 4.69) is 13.8 Å². The van der Waals surface area contributed by atoms with Gasteiger partial charge in [0.2, 0.25) is 5.82 Å². The van der Waals surface area contributed by atoms with E-state index in [-0.39, 0.29) is 16.9 Å². The molecule has 2 nitrogen and oxygen atoms in total. The molecule has 37 heavy (non-hydrogen) atoms. The summed E-state index contributed by atoms with van der Waals surface area (Å²) in [4.78, 5) is 0. The number of halogens is 3. The number of ether oxygens (including phenoxy) is 2. The van der Waals surface area contributed by atoms with E-state index >= 15 is 4.39 Å². The topological polar surface area (TPSA) is 18.5 Å². The molecule has 0 amide bonds. The van der Waals surface area contributed by atoms with E-state index < -0.39 is 17.5 Å². The Bertz CT molecular complexity index is 1100. The van der Waals surface area contributed by atoms with Gasteiger partial charge in [0, 0.05) is 11.1 Å². The Morgan fingerprint density at radius 1 is 0.541 bits per heavy atom. The Kier molecular flexibility index (Phi) is 11.9. The first kappa shape index (κ1) is 28.6. The van der Waals surface area contributed by atoms with E-state index in [1.807, 2.05) is 24.3 Å². The zero-order valence-electron chi connectivity index (χ0n) is 22.1. The molecule has 3 rings (SSSR count). The van der Waals surface area contributed by atoms with Crippen LogP contribution >= 0.6 is 0 Å². The van der Waals surface area contributed by atoms with Crippen LogP contribution in [-0.2, 0) is 0 Å². The molecule has 0 bridgehead atoms. The fourth-order valence-electron chi connectivity index (χ4n) is 4.29. The van der Waals surface area contributed by atoms with E-state index in [0.29, 0.717) is 18.8 Å². The first-order valence-electron chi connectivity index (χ1n) is 13.7. The average molecular weight is 513 g/mol. The van der Waals surface area contributed by atoms with Crippen molar-refractivity contribution in [1.29, 1.82) is 0 Å². The van der Waals surface area contributed by atoms with Crippen LogP contribution in [0.4, 0.5) is 13.2 Å². The van der Waals surface area contributed by atoms with E-state index in [0.717, 1.165) is 43.4 Å². The average Bonchev–Trinajstić information content (AvgIpc) is 2.91. The number of rotatable bonds is 16. The van der Waals surface area contributed by atoms with Gasteiger partial charge in [0.1, 0.15) is 11.6 Å². The summed E-state index contributed by atoms with van der Waals surface area (Å²) >= 11 is 0. The first-order chi connectivity index (χ1) is 18.0. The Labute approximate surface area is 219 Å². The highest BCUT2D eigenvalue weighted by atomic mass is 19.2. The molecule has 5 heteroatoms. The maximum Gasteiger partial charge on any atom is 0.201 e. The van der Waals surface area contributed by atoms with Crippen molar-refractivity contribution in [2.75, 3.05) is 13.2 Å². The van der Waals surface area contributed by atoms with Crippen LogP contribution in [0.15, 0.2) is 54.6 Å². The zero-order valence-corrected chi connectivity index (χ0v) is 22.1. The van der Waals surface area contributed by atoms with Crippen molar-refractivity contribution in [3.63, 3.8) is 0 Å². The summed E-state index contributed by atoms with van der Waals surface area (Å²) in [5.74, 6) is -2.18. The Balaban J connectivity index is 1.61. The van der Waals surface area contributed by atoms with Crippen LogP contribution in [0.1, 0.15) is 78.1 Å². The lowest BCUT2D eigenvalue weighted by Crippen LogP contribution is -2.02. The molecule has 0 aliphatic rings. The Hall–Kier alpha value is -2.95. The van der Waals surface area contributed by atoms with Gasteiger partial charge in [-0.05, 0) is 54.3 Å². The molecule has 0 aromatic heterocycles. The molecule has 0 aliphatic carbocycles. The number of hydrogen-bond acceptors (Lipinski definition) is 2. The quantitative estimate of drug-likeness (QED) is 0.178. The summed E-state index contributed by atoms with van der Waals surface area (Å²) in [6, 6.07) is 14.7. The minimum absolute atomic E-state index is 0.00894. The monoisotopic (exact) mass is 512 g/mol. The highest BCUT2D eigenvalue weighted by Gasteiger charge is 2.18. The standard InChI is InChI=1S/C32H39F3O2/c1-3-5-7-9-10-12-22-37-30-20-19-28(31(34)32(30)35)27-18-15-25(23-29(27)33)24-13-16-26(17-14-24)36-21-11-8-6-4-2/h13-20,23H,3-12,21-22H2,1-2H3. The molecule has 200 valence electrons. The van der Waals surface area contributed by atoms with Crippen LogP contribution in [0.3, 0.4) is 0 Å². The van der Waals surface area contributed by atoms with Gasteiger partial charge in [0.15, 0.2) is 11.6 Å². The molecule has 0 saturated heterocycles. The van der Waals surface area contributed by atoms with Crippen LogP contribution < -0.4 is 9.47 Å². The lowest BCUT2D eigenvalue weighted by molar-refractivity contribution is 0.285. The fraction of sp³-hybridized carbons (Fsp3) is 0.438. The Morgan fingerprint density at radius 3 is 1.78 bits per heavy atom. The second-order valence-electron chi connectivity index (χ2n) is 9.48. The number of unbranched alkanes of at least 4 members (excludes halogenated alkanes) is 8. The third-order valence-electron chi connectivity index (χ3n) is 6.52. The summed E-state index contributed by atoms with van der Waals surface area (Å²) in [6.07, 6.45) is 11.0. The molecule has 0 unspecified atom stereocenters. The largest absolute Gasteiger partial charge is 0.494 e. The SMILES string of the molecule is CCCCCCCCOc1ccc(-c2ccc(-c3ccc(OCCCCCC)cc3)cc2F)c(F)c1F. The predicted octanol–water partition coefficient (Wildman–Crippen LogP) is 10.1. The van der Waals surface area contributed by atoms with Crippen LogP contribution in [-0.4, -0.2) is 13.2 Å². The molecule has 0 heterocycles. The van der Waals surface area contributed by atoms with Crippen LogP contribution in [0.25, 0.3) is 22.3 Å². The van der Waals surface area contributed by atoms with Gasteiger partial charge in [-0.1, -0.05) is 89.5 Å². The molecular weight excluding hydrogens is 473 g/mol. The Morgan fingerprint density at radius 2 is 1.11 bits per heavy atom. The molecule has 3 aromatic rings. The van der Waals surface area contributed by atoms with Gasteiger partial charge in [-0.25, -0.2) is 8.78 Å². The second kappa shape index (κ2) is 15.3. The van der Waals surface area contributed by atoms with Gasteiger partial charge in [-0.3, -0.25) is 0 Å². The normalized spacial score (nSPS) is 11.1. The maximum absolute atomic E-state index is 15.0. The van der Waals surface area contributed by atoms with E-state index in [1.54, 1.807) is 6.07 Å². The lowest BCUT2D eigenvalue weighted by Gasteiger charge is -2.12. The van der Waals surface area contributed by atoms with Crippen molar-refractivity contribution in [3.8, 4) is 33.8 Å². The van der Waals surface area contributed by atoms with Gasteiger partial charge >= 0.3 is 0 Å². The summed E-state index contributed by atoms with van der Waals surface area (Å²) in [7, 11) is 0. The minimum Gasteiger partial charge on any atom is -0.494 e. The molecule has 0 spiro atoms. The van der Waals surface area contributed by atoms with Gasteiger partial charge in [-0.2, -0.15) is 4.39 Å². The predicted molar refractivity (Wildman–Crippen MR) is 146 cm³/mol. The molecule has 0 saturated carbocycles. The highest BCUT2D eigenvalue weighted by Crippen LogP contribution is 2.34. The van der Waals surface area contributed by atoms with Crippen LogP contribution in [0.2, 0.25) is 0 Å². The van der Waals surface area contributed by atoms with Gasteiger partial charge < -0.3 is 9.47 Å². The van der Waals surface area contributed by atoms with Crippen molar-refractivity contribution in [2.24, 2.45) is 0 Å². The molecule has 0 aliphatic heterocycles. The van der Waals surface area contributed by atoms with Gasteiger partial charge in [-0.15, -0.1) is 0 Å². The van der Waals surface area contributed by atoms with Crippen LogP contribution in [0.5, 0.6) is 11.5 Å². The fourth-order valence-corrected chi connectivity index (χ4v) is 4.29. The molecular formula is C32H39F3O2. The number of hydrogen-bond donors (Lipinski definition) is 0. The maximum atomic E-state index is 15.0. The third kappa shape index (κ3) is 8.55. The molecule has 0 N–H and O–H groups in total. The highest BCUT2D eigenvalue weighted by molar-refractivity contribution is 5.72. The molecule has 0 fully saturated rings. The van der Waals surface area contributed by atoms with Crippen LogP contribution in [0, 0.1) is 17.5 Å². The van der Waals surface area contributed by atoms with E-state index in [9.17, 15) is 8.78 Å². The summed E-state index contributed by atoms with van der Waals surface area (Å²) in [5, 5.41) is 0. The zero-order chi connectivity index (χ0) is 26.5. The summed E-state index contributed by atoms with van der Waals surface area (Å²) in [5.41, 5.74) is 1.35. The molecule has 3 aromatic carbocycles. The summed E-state index contributed by atoms with van der Waals surface area (Å²) < 4.78 is 55.7. The van der Waals surface area contributed by atoms with Crippen molar-refractivity contribution >= 4 is 0 Å². The minimum atomic E-state index is -1.10. The van der Waals surface area contributed by atoms with E-state index in [1.165, 1.54) is 56.4 Å². The van der Waals surface area contributed by atoms with Crippen molar-refractivity contribution in [2.45, 2.75) is 78.1 Å². The van der Waals surface area contributed by atoms with Crippen molar-refractivity contribution < 1.29 is 22.6 Å². The van der Waals surface area contributed by atoms with E-state index in [4.69, 9.17) is 9.47 Å². The van der Waals surface area contributed by atoms with Gasteiger partial charge in [0.05, 0.1) is 13.2 Å². The smallest absolute Gasteiger partial charge is 0.201 e. The molecule has 0 radical (unpaired) electrons. The van der Waals surface area contributed by atoms with Crippen molar-refractivity contribution in [1.82, 2.24) is 0 Å². The lowest BCUT2D eigenvalue weighted by atomic mass is 9.99. The summed E-state index contributed by atoms with van der Waals surface area (Å²) in [6.45, 7) is 5.34. The molecule has 0 atom stereocenters. The van der Waals surface area contributed by atoms with Gasteiger partial charge in [0.25, 0.3) is 0 Å². The first-order valence-corrected chi connectivity index (χ1v) is 13.7. The van der Waals surface area contributed by atoms with Crippen molar-refractivity contribution in [3.05, 3.63) is 72.0 Å². The number of benzene rings is 3.